The van der Waals surface area contributed by atoms with Crippen molar-refractivity contribution < 1.29 is 23.9 Å². The molecule has 2 heterocycles. The molecule has 0 unspecified atom stereocenters. The normalized spacial score (nSPS) is 22.8. The Morgan fingerprint density at radius 3 is 2.71 bits per heavy atom. The first kappa shape index (κ1) is 16.3. The molecule has 1 spiro atoms. The molecule has 1 atom stereocenters. The molecule has 2 aliphatic heterocycles. The van der Waals surface area contributed by atoms with Crippen LogP contribution >= 0.6 is 0 Å². The van der Waals surface area contributed by atoms with Crippen LogP contribution in [0.25, 0.3) is 0 Å². The second-order valence-corrected chi connectivity index (χ2v) is 6.25. The number of methoxy groups -OCH3 is 2. The van der Waals surface area contributed by atoms with Crippen molar-refractivity contribution in [2.24, 2.45) is 5.41 Å². The van der Waals surface area contributed by atoms with E-state index in [4.69, 9.17) is 9.47 Å². The standard InChI is InChI=1S/C17H20N2O5/c1-23-12-4-3-11(13(8-12)24-2)7-15(21)19-6-5-17(10-19)9-14(20)18-16(17)22/h3-4,8H,5-7,9-10H2,1-2H3,(H,18,20,22)/t17-/m0/s1. The number of nitrogens with zero attached hydrogens (tertiary/aromatic N) is 1. The number of amides is 3. The second kappa shape index (κ2) is 6.14. The number of hydrogen-bond donors (Lipinski definition) is 1. The molecule has 24 heavy (non-hydrogen) atoms. The smallest absolute Gasteiger partial charge is 0.235 e. The van der Waals surface area contributed by atoms with Gasteiger partial charge in [0.25, 0.3) is 0 Å². The van der Waals surface area contributed by atoms with E-state index in [1.165, 1.54) is 0 Å². The molecular weight excluding hydrogens is 312 g/mol. The van der Waals surface area contributed by atoms with Gasteiger partial charge in [0, 0.05) is 31.1 Å². The van der Waals surface area contributed by atoms with E-state index in [9.17, 15) is 14.4 Å². The molecule has 7 heteroatoms. The number of carbonyl (C=O) groups is 3. The van der Waals surface area contributed by atoms with E-state index in [0.717, 1.165) is 5.56 Å². The van der Waals surface area contributed by atoms with Gasteiger partial charge < -0.3 is 14.4 Å². The molecule has 2 saturated heterocycles. The fourth-order valence-electron chi connectivity index (χ4n) is 3.38. The summed E-state index contributed by atoms with van der Waals surface area (Å²) in [5.41, 5.74) is 0.0210. The highest BCUT2D eigenvalue weighted by Crippen LogP contribution is 2.38. The van der Waals surface area contributed by atoms with Crippen LogP contribution in [-0.4, -0.2) is 49.9 Å². The molecule has 0 radical (unpaired) electrons. The lowest BCUT2D eigenvalue weighted by Crippen LogP contribution is -2.37. The van der Waals surface area contributed by atoms with Gasteiger partial charge >= 0.3 is 0 Å². The third-order valence-corrected chi connectivity index (χ3v) is 4.78. The quantitative estimate of drug-likeness (QED) is 0.812. The summed E-state index contributed by atoms with van der Waals surface area (Å²) >= 11 is 0. The summed E-state index contributed by atoms with van der Waals surface area (Å²) in [7, 11) is 3.11. The Morgan fingerprint density at radius 2 is 2.08 bits per heavy atom. The van der Waals surface area contributed by atoms with Crippen LogP contribution in [0.15, 0.2) is 18.2 Å². The van der Waals surface area contributed by atoms with Crippen molar-refractivity contribution in [1.82, 2.24) is 10.2 Å². The first-order valence-corrected chi connectivity index (χ1v) is 7.80. The van der Waals surface area contributed by atoms with E-state index in [1.807, 2.05) is 0 Å². The van der Waals surface area contributed by atoms with Gasteiger partial charge in [0.15, 0.2) is 0 Å². The molecule has 0 bridgehead atoms. The average Bonchev–Trinajstić information content (AvgIpc) is 3.11. The summed E-state index contributed by atoms with van der Waals surface area (Å²) in [5, 5.41) is 2.34. The minimum Gasteiger partial charge on any atom is -0.497 e. The Kier molecular flexibility index (Phi) is 4.17. The largest absolute Gasteiger partial charge is 0.497 e. The number of imide groups is 1. The van der Waals surface area contributed by atoms with Crippen LogP contribution in [0, 0.1) is 5.41 Å². The van der Waals surface area contributed by atoms with Crippen molar-refractivity contribution in [2.45, 2.75) is 19.3 Å². The molecule has 3 amide bonds. The first-order chi connectivity index (χ1) is 11.5. The summed E-state index contributed by atoms with van der Waals surface area (Å²) in [6.45, 7) is 0.778. The number of rotatable bonds is 4. The van der Waals surface area contributed by atoms with Gasteiger partial charge in [-0.15, -0.1) is 0 Å². The van der Waals surface area contributed by atoms with Gasteiger partial charge in [-0.05, 0) is 12.5 Å². The highest BCUT2D eigenvalue weighted by Gasteiger charge is 2.51. The van der Waals surface area contributed by atoms with Gasteiger partial charge in [0.2, 0.25) is 17.7 Å². The van der Waals surface area contributed by atoms with E-state index in [2.05, 4.69) is 5.32 Å². The number of ether oxygens (including phenoxy) is 2. The van der Waals surface area contributed by atoms with Crippen molar-refractivity contribution in [1.29, 1.82) is 0 Å². The van der Waals surface area contributed by atoms with Crippen LogP contribution in [0.4, 0.5) is 0 Å². The van der Waals surface area contributed by atoms with Crippen LogP contribution in [-0.2, 0) is 20.8 Å². The van der Waals surface area contributed by atoms with Gasteiger partial charge in [-0.25, -0.2) is 0 Å². The zero-order valence-electron chi connectivity index (χ0n) is 13.8. The number of likely N-dealkylation sites (tertiary alicyclic amines) is 1. The Hall–Kier alpha value is -2.57. The zero-order valence-corrected chi connectivity index (χ0v) is 13.8. The Bertz CT molecular complexity index is 702. The lowest BCUT2D eigenvalue weighted by Gasteiger charge is -2.21. The van der Waals surface area contributed by atoms with Crippen molar-refractivity contribution >= 4 is 17.7 Å². The van der Waals surface area contributed by atoms with Crippen LogP contribution in [0.1, 0.15) is 18.4 Å². The molecule has 3 rings (SSSR count). The minimum absolute atomic E-state index is 0.0810. The number of carbonyl (C=O) groups excluding carboxylic acids is 3. The second-order valence-electron chi connectivity index (χ2n) is 6.25. The molecular formula is C17H20N2O5. The minimum atomic E-state index is -0.739. The molecule has 7 nitrogen and oxygen atoms in total. The van der Waals surface area contributed by atoms with Gasteiger partial charge in [-0.2, -0.15) is 0 Å². The summed E-state index contributed by atoms with van der Waals surface area (Å²) in [5.74, 6) is 0.646. The van der Waals surface area contributed by atoms with E-state index in [-0.39, 0.29) is 30.6 Å². The number of hydrogen-bond acceptors (Lipinski definition) is 5. The van der Waals surface area contributed by atoms with Crippen LogP contribution in [0.2, 0.25) is 0 Å². The van der Waals surface area contributed by atoms with E-state index < -0.39 is 5.41 Å². The van der Waals surface area contributed by atoms with Crippen molar-refractivity contribution in [3.63, 3.8) is 0 Å². The monoisotopic (exact) mass is 332 g/mol. The van der Waals surface area contributed by atoms with E-state index in [1.54, 1.807) is 37.3 Å². The van der Waals surface area contributed by atoms with Gasteiger partial charge in [-0.3, -0.25) is 19.7 Å². The molecule has 1 N–H and O–H groups in total. The molecule has 2 fully saturated rings. The predicted octanol–water partition coefficient (Wildman–Crippen LogP) is 0.512. The van der Waals surface area contributed by atoms with Crippen molar-refractivity contribution in [2.75, 3.05) is 27.3 Å². The fraction of sp³-hybridized carbons (Fsp3) is 0.471. The lowest BCUT2D eigenvalue weighted by molar-refractivity contribution is -0.131. The molecule has 0 aromatic heterocycles. The fourth-order valence-corrected chi connectivity index (χ4v) is 3.38. The topological polar surface area (TPSA) is 84.9 Å². The molecule has 128 valence electrons. The molecule has 0 saturated carbocycles. The molecule has 2 aliphatic rings. The predicted molar refractivity (Wildman–Crippen MR) is 84.6 cm³/mol. The number of benzene rings is 1. The third-order valence-electron chi connectivity index (χ3n) is 4.78. The third kappa shape index (κ3) is 2.81. The molecule has 0 aliphatic carbocycles. The lowest BCUT2D eigenvalue weighted by atomic mass is 9.85. The Labute approximate surface area is 139 Å². The maximum atomic E-state index is 12.6. The summed E-state index contributed by atoms with van der Waals surface area (Å²) < 4.78 is 10.5. The maximum absolute atomic E-state index is 12.6. The van der Waals surface area contributed by atoms with Gasteiger partial charge in [0.1, 0.15) is 11.5 Å². The van der Waals surface area contributed by atoms with Crippen LogP contribution in [0.5, 0.6) is 11.5 Å². The van der Waals surface area contributed by atoms with Crippen LogP contribution in [0.3, 0.4) is 0 Å². The van der Waals surface area contributed by atoms with Gasteiger partial charge in [-0.1, -0.05) is 6.07 Å². The van der Waals surface area contributed by atoms with E-state index in [0.29, 0.717) is 31.0 Å². The molecule has 1 aromatic carbocycles. The zero-order chi connectivity index (χ0) is 17.3. The Balaban J connectivity index is 1.70. The maximum Gasteiger partial charge on any atom is 0.235 e. The summed E-state index contributed by atoms with van der Waals surface area (Å²) in [6, 6.07) is 5.31. The van der Waals surface area contributed by atoms with Crippen LogP contribution < -0.4 is 14.8 Å². The van der Waals surface area contributed by atoms with Gasteiger partial charge in [0.05, 0.1) is 26.1 Å². The van der Waals surface area contributed by atoms with Crippen molar-refractivity contribution in [3.05, 3.63) is 23.8 Å². The number of nitrogens with one attached hydrogen (secondary N) is 1. The first-order valence-electron chi connectivity index (χ1n) is 7.80. The average molecular weight is 332 g/mol. The summed E-state index contributed by atoms with van der Waals surface area (Å²) in [4.78, 5) is 37.7. The molecule has 1 aromatic rings. The van der Waals surface area contributed by atoms with E-state index >= 15 is 0 Å². The summed E-state index contributed by atoms with van der Waals surface area (Å²) in [6.07, 6.45) is 0.871. The highest BCUT2D eigenvalue weighted by molar-refractivity contribution is 6.06. The SMILES string of the molecule is COc1ccc(CC(=O)N2CC[C@]3(CC(=O)NC3=O)C2)c(OC)c1. The Morgan fingerprint density at radius 1 is 1.29 bits per heavy atom. The van der Waals surface area contributed by atoms with Crippen molar-refractivity contribution in [3.8, 4) is 11.5 Å². The highest BCUT2D eigenvalue weighted by atomic mass is 16.5.